The van der Waals surface area contributed by atoms with E-state index in [1.165, 1.54) is 16.2 Å². The molecule has 0 radical (unpaired) electrons. The molecule has 0 bridgehead atoms. The zero-order valence-corrected chi connectivity index (χ0v) is 26.7. The Morgan fingerprint density at radius 2 is 1.46 bits per heavy atom. The lowest BCUT2D eigenvalue weighted by Crippen LogP contribution is -2.14. The Kier molecular flexibility index (Phi) is 8.80. The fraction of sp³-hybridized carbons (Fsp3) is 0.325. The SMILES string of the molecule is CCCCC(CC)OCc1ccc(-c2nc(OC3CCCC3)nc(-c3cc4c5ccccc5ccc4c4ccccc34)n2)c(O)c1. The largest absolute Gasteiger partial charge is 0.507 e. The molecule has 1 unspecified atom stereocenters. The Bertz CT molecular complexity index is 2000. The summed E-state index contributed by atoms with van der Waals surface area (Å²) in [6.45, 7) is 4.81. The van der Waals surface area contributed by atoms with Crippen LogP contribution in [0.3, 0.4) is 0 Å². The highest BCUT2D eigenvalue weighted by Crippen LogP contribution is 2.38. The number of aromatic hydroxyl groups is 1. The van der Waals surface area contributed by atoms with Crippen LogP contribution in [0.1, 0.15) is 70.8 Å². The Hall–Kier alpha value is -4.55. The van der Waals surface area contributed by atoms with Gasteiger partial charge < -0.3 is 14.6 Å². The highest BCUT2D eigenvalue weighted by Gasteiger charge is 2.22. The normalized spacial score (nSPS) is 14.4. The molecule has 5 aromatic carbocycles. The van der Waals surface area contributed by atoms with Gasteiger partial charge in [-0.15, -0.1) is 0 Å². The minimum atomic E-state index is 0.0766. The monoisotopic (exact) mass is 611 g/mol. The third kappa shape index (κ3) is 6.14. The van der Waals surface area contributed by atoms with E-state index in [2.05, 4.69) is 80.6 Å². The van der Waals surface area contributed by atoms with E-state index in [1.54, 1.807) is 6.07 Å². The van der Waals surface area contributed by atoms with Gasteiger partial charge in [-0.05, 0) is 94.6 Å². The number of aromatic nitrogens is 3. The molecule has 1 saturated carbocycles. The van der Waals surface area contributed by atoms with Gasteiger partial charge in [-0.3, -0.25) is 0 Å². The lowest BCUT2D eigenvalue weighted by atomic mass is 9.93. The van der Waals surface area contributed by atoms with Gasteiger partial charge in [0.15, 0.2) is 11.6 Å². The molecule has 46 heavy (non-hydrogen) atoms. The molecule has 7 rings (SSSR count). The number of fused-ring (bicyclic) bond motifs is 5. The molecule has 234 valence electrons. The van der Waals surface area contributed by atoms with Gasteiger partial charge in [0.25, 0.3) is 0 Å². The molecule has 0 aliphatic heterocycles. The van der Waals surface area contributed by atoms with E-state index in [4.69, 9.17) is 24.4 Å². The molecule has 1 aliphatic carbocycles. The third-order valence-corrected chi connectivity index (χ3v) is 9.32. The molecular formula is C40H41N3O3. The smallest absolute Gasteiger partial charge is 0.320 e. The Labute approximate surface area is 270 Å². The van der Waals surface area contributed by atoms with Gasteiger partial charge in [0, 0.05) is 5.56 Å². The van der Waals surface area contributed by atoms with E-state index in [9.17, 15) is 5.11 Å². The van der Waals surface area contributed by atoms with Crippen LogP contribution in [0.5, 0.6) is 11.8 Å². The molecule has 6 aromatic rings. The van der Waals surface area contributed by atoms with E-state index < -0.39 is 0 Å². The van der Waals surface area contributed by atoms with Crippen molar-refractivity contribution in [1.82, 2.24) is 15.0 Å². The number of unbranched alkanes of at least 4 members (excludes halogenated alkanes) is 1. The third-order valence-electron chi connectivity index (χ3n) is 9.32. The maximum atomic E-state index is 11.3. The van der Waals surface area contributed by atoms with Gasteiger partial charge >= 0.3 is 6.01 Å². The van der Waals surface area contributed by atoms with E-state index >= 15 is 0 Å². The lowest BCUT2D eigenvalue weighted by Gasteiger charge is -2.17. The van der Waals surface area contributed by atoms with Crippen LogP contribution in [0.4, 0.5) is 0 Å². The molecule has 6 nitrogen and oxygen atoms in total. The molecule has 1 N–H and O–H groups in total. The first-order valence-electron chi connectivity index (χ1n) is 16.8. The second-order valence-corrected chi connectivity index (χ2v) is 12.5. The maximum absolute atomic E-state index is 11.3. The van der Waals surface area contributed by atoms with Crippen molar-refractivity contribution in [1.29, 1.82) is 0 Å². The van der Waals surface area contributed by atoms with Crippen molar-refractivity contribution >= 4 is 32.3 Å². The average molecular weight is 612 g/mol. The van der Waals surface area contributed by atoms with Crippen LogP contribution in [-0.2, 0) is 11.3 Å². The van der Waals surface area contributed by atoms with Crippen LogP contribution < -0.4 is 4.74 Å². The number of ether oxygens (including phenoxy) is 2. The summed E-state index contributed by atoms with van der Waals surface area (Å²) in [5.41, 5.74) is 2.36. The first kappa shape index (κ1) is 30.1. The number of phenols is 1. The second-order valence-electron chi connectivity index (χ2n) is 12.5. The number of nitrogens with zero attached hydrogens (tertiary/aromatic N) is 3. The Morgan fingerprint density at radius 3 is 2.22 bits per heavy atom. The molecule has 1 heterocycles. The molecule has 1 aromatic heterocycles. The van der Waals surface area contributed by atoms with Crippen LogP contribution in [0.2, 0.25) is 0 Å². The summed E-state index contributed by atoms with van der Waals surface area (Å²) in [4.78, 5) is 14.7. The first-order valence-corrected chi connectivity index (χ1v) is 16.8. The van der Waals surface area contributed by atoms with Crippen molar-refractivity contribution in [3.63, 3.8) is 0 Å². The fourth-order valence-corrected chi connectivity index (χ4v) is 6.76. The summed E-state index contributed by atoms with van der Waals surface area (Å²) < 4.78 is 12.6. The predicted molar refractivity (Wildman–Crippen MR) is 186 cm³/mol. The summed E-state index contributed by atoms with van der Waals surface area (Å²) in [5.74, 6) is 1.03. The summed E-state index contributed by atoms with van der Waals surface area (Å²) in [6, 6.07) is 29.4. The number of rotatable bonds is 11. The standard InChI is InChI=1S/C40H41N3O3/c1-3-5-13-28(4-2)45-25-26-19-21-34(37(44)23-26)38-41-39(43-40(42-38)46-29-14-7-8-15-29)36-24-35-30-16-9-6-12-27(30)20-22-33(35)31-17-10-11-18-32(31)36/h6,9-12,16-24,28-29,44H,3-5,7-8,13-15,25H2,1-2H3. The average Bonchev–Trinajstić information content (AvgIpc) is 3.60. The van der Waals surface area contributed by atoms with Crippen LogP contribution in [-0.4, -0.2) is 32.3 Å². The van der Waals surface area contributed by atoms with Gasteiger partial charge in [-0.2, -0.15) is 9.97 Å². The minimum absolute atomic E-state index is 0.0766. The number of phenolic OH excluding ortho intramolecular Hbond substituents is 1. The lowest BCUT2D eigenvalue weighted by molar-refractivity contribution is 0.0312. The van der Waals surface area contributed by atoms with Gasteiger partial charge in [0.1, 0.15) is 11.9 Å². The van der Waals surface area contributed by atoms with Crippen LogP contribution in [0.15, 0.2) is 84.9 Å². The number of hydrogen-bond acceptors (Lipinski definition) is 6. The highest BCUT2D eigenvalue weighted by atomic mass is 16.5. The highest BCUT2D eigenvalue weighted by molar-refractivity contribution is 6.20. The first-order chi connectivity index (χ1) is 22.6. The molecule has 0 amide bonds. The quantitative estimate of drug-likeness (QED) is 0.147. The topological polar surface area (TPSA) is 77.4 Å². The summed E-state index contributed by atoms with van der Waals surface area (Å²) >= 11 is 0. The van der Waals surface area contributed by atoms with E-state index in [-0.39, 0.29) is 18.0 Å². The Balaban J connectivity index is 1.33. The van der Waals surface area contributed by atoms with Crippen molar-refractivity contribution in [2.45, 2.75) is 84.0 Å². The van der Waals surface area contributed by atoms with Crippen molar-refractivity contribution in [3.05, 3.63) is 90.5 Å². The van der Waals surface area contributed by atoms with E-state index in [0.29, 0.717) is 29.8 Å². The summed E-state index contributed by atoms with van der Waals surface area (Å²) in [5, 5.41) is 18.2. The van der Waals surface area contributed by atoms with Crippen LogP contribution in [0, 0.1) is 0 Å². The second kappa shape index (κ2) is 13.4. The van der Waals surface area contributed by atoms with Crippen molar-refractivity contribution in [2.75, 3.05) is 0 Å². The zero-order valence-electron chi connectivity index (χ0n) is 26.7. The maximum Gasteiger partial charge on any atom is 0.320 e. The van der Waals surface area contributed by atoms with Gasteiger partial charge in [-0.25, -0.2) is 4.98 Å². The molecule has 0 saturated heterocycles. The minimum Gasteiger partial charge on any atom is -0.507 e. The Morgan fingerprint density at radius 1 is 0.739 bits per heavy atom. The van der Waals surface area contributed by atoms with Gasteiger partial charge in [0.05, 0.1) is 18.3 Å². The molecule has 1 atom stereocenters. The molecule has 1 fully saturated rings. The van der Waals surface area contributed by atoms with E-state index in [1.807, 2.05) is 12.1 Å². The van der Waals surface area contributed by atoms with Gasteiger partial charge in [-0.1, -0.05) is 93.4 Å². The number of hydrogen-bond donors (Lipinski definition) is 1. The van der Waals surface area contributed by atoms with Crippen LogP contribution in [0.25, 0.3) is 55.1 Å². The molecule has 1 aliphatic rings. The van der Waals surface area contributed by atoms with Crippen molar-refractivity contribution < 1.29 is 14.6 Å². The summed E-state index contributed by atoms with van der Waals surface area (Å²) in [7, 11) is 0. The van der Waals surface area contributed by atoms with Crippen LogP contribution >= 0.6 is 0 Å². The summed E-state index contributed by atoms with van der Waals surface area (Å²) in [6.07, 6.45) is 8.87. The van der Waals surface area contributed by atoms with Gasteiger partial charge in [0.2, 0.25) is 0 Å². The molecule has 0 spiro atoms. The predicted octanol–water partition coefficient (Wildman–Crippen LogP) is 10.2. The molecular weight excluding hydrogens is 570 g/mol. The van der Waals surface area contributed by atoms with Crippen molar-refractivity contribution in [3.8, 4) is 34.5 Å². The molecule has 6 heteroatoms. The fourth-order valence-electron chi connectivity index (χ4n) is 6.76. The zero-order chi connectivity index (χ0) is 31.5. The van der Waals surface area contributed by atoms with Crippen molar-refractivity contribution in [2.24, 2.45) is 0 Å². The van der Waals surface area contributed by atoms with E-state index in [0.717, 1.165) is 78.7 Å². The number of benzene rings is 5.